The molecule has 0 amide bonds. The van der Waals surface area contributed by atoms with E-state index in [1.165, 1.54) is 56.7 Å². The van der Waals surface area contributed by atoms with E-state index in [1.807, 2.05) is 6.07 Å². The summed E-state index contributed by atoms with van der Waals surface area (Å²) in [5.74, 6) is 0. The second-order valence-electron chi connectivity index (χ2n) is 5.60. The third-order valence-corrected chi connectivity index (χ3v) is 4.25. The van der Waals surface area contributed by atoms with Crippen molar-refractivity contribution < 1.29 is 0 Å². The SMILES string of the molecule is Nc1ccc2c(c1)CCN(CCN1CCCC1)C2. The summed E-state index contributed by atoms with van der Waals surface area (Å²) < 4.78 is 0. The molecule has 0 radical (unpaired) electrons. The smallest absolute Gasteiger partial charge is 0.0316 e. The van der Waals surface area contributed by atoms with Gasteiger partial charge in [0.1, 0.15) is 0 Å². The lowest BCUT2D eigenvalue weighted by atomic mass is 9.99. The van der Waals surface area contributed by atoms with Crippen LogP contribution in [0.3, 0.4) is 0 Å². The van der Waals surface area contributed by atoms with Gasteiger partial charge in [0.25, 0.3) is 0 Å². The van der Waals surface area contributed by atoms with Crippen LogP contribution in [0.4, 0.5) is 5.69 Å². The molecule has 1 aromatic rings. The van der Waals surface area contributed by atoms with Gasteiger partial charge in [0, 0.05) is 31.9 Å². The van der Waals surface area contributed by atoms with E-state index in [9.17, 15) is 0 Å². The van der Waals surface area contributed by atoms with Gasteiger partial charge >= 0.3 is 0 Å². The second kappa shape index (κ2) is 5.29. The summed E-state index contributed by atoms with van der Waals surface area (Å²) in [6.07, 6.45) is 3.94. The Bertz CT molecular complexity index is 410. The summed E-state index contributed by atoms with van der Waals surface area (Å²) in [5.41, 5.74) is 9.66. The first kappa shape index (κ1) is 12.0. The number of nitrogens with two attached hydrogens (primary N) is 1. The zero-order valence-corrected chi connectivity index (χ0v) is 11.1. The molecule has 3 nitrogen and oxygen atoms in total. The normalized spacial score (nSPS) is 21.1. The van der Waals surface area contributed by atoms with E-state index >= 15 is 0 Å². The molecule has 2 heterocycles. The van der Waals surface area contributed by atoms with Crippen molar-refractivity contribution in [1.29, 1.82) is 0 Å². The number of benzene rings is 1. The van der Waals surface area contributed by atoms with Gasteiger partial charge in [-0.2, -0.15) is 0 Å². The number of likely N-dealkylation sites (tertiary alicyclic amines) is 1. The van der Waals surface area contributed by atoms with Crippen LogP contribution in [-0.2, 0) is 13.0 Å². The topological polar surface area (TPSA) is 32.5 Å². The average molecular weight is 245 g/mol. The van der Waals surface area contributed by atoms with Crippen molar-refractivity contribution in [2.75, 3.05) is 38.5 Å². The molecule has 0 unspecified atom stereocenters. The highest BCUT2D eigenvalue weighted by atomic mass is 15.2. The van der Waals surface area contributed by atoms with Gasteiger partial charge in [-0.1, -0.05) is 6.07 Å². The summed E-state index contributed by atoms with van der Waals surface area (Å²) >= 11 is 0. The van der Waals surface area contributed by atoms with Gasteiger partial charge in [0.05, 0.1) is 0 Å². The molecule has 1 fully saturated rings. The van der Waals surface area contributed by atoms with Crippen LogP contribution < -0.4 is 5.73 Å². The molecule has 98 valence electrons. The first-order valence-electron chi connectivity index (χ1n) is 7.13. The summed E-state index contributed by atoms with van der Waals surface area (Å²) in [4.78, 5) is 5.18. The molecule has 0 atom stereocenters. The Morgan fingerprint density at radius 2 is 1.72 bits per heavy atom. The standard InChI is InChI=1S/C15H23N3/c16-15-4-3-14-12-18(8-5-13(14)11-15)10-9-17-6-1-2-7-17/h3-4,11H,1-2,5-10,12,16H2. The van der Waals surface area contributed by atoms with Crippen LogP contribution in [0.25, 0.3) is 0 Å². The van der Waals surface area contributed by atoms with Crippen LogP contribution in [0.1, 0.15) is 24.0 Å². The molecule has 1 aromatic carbocycles. The van der Waals surface area contributed by atoms with Crippen LogP contribution in [0.15, 0.2) is 18.2 Å². The number of anilines is 1. The molecule has 0 aromatic heterocycles. The van der Waals surface area contributed by atoms with Gasteiger partial charge in [-0.15, -0.1) is 0 Å². The highest BCUT2D eigenvalue weighted by Crippen LogP contribution is 2.21. The van der Waals surface area contributed by atoms with E-state index in [0.717, 1.165) is 18.7 Å². The van der Waals surface area contributed by atoms with Gasteiger partial charge in [0.15, 0.2) is 0 Å². The fourth-order valence-corrected chi connectivity index (χ4v) is 3.11. The number of hydrogen-bond acceptors (Lipinski definition) is 3. The Hall–Kier alpha value is -1.06. The van der Waals surface area contributed by atoms with Crippen molar-refractivity contribution in [2.24, 2.45) is 0 Å². The molecule has 1 saturated heterocycles. The molecular weight excluding hydrogens is 222 g/mol. The zero-order chi connectivity index (χ0) is 12.4. The van der Waals surface area contributed by atoms with Crippen molar-refractivity contribution in [2.45, 2.75) is 25.8 Å². The average Bonchev–Trinajstić information content (AvgIpc) is 2.89. The Morgan fingerprint density at radius 1 is 0.944 bits per heavy atom. The molecule has 2 aliphatic heterocycles. The first-order valence-corrected chi connectivity index (χ1v) is 7.13. The third kappa shape index (κ3) is 2.68. The van der Waals surface area contributed by atoms with Gasteiger partial charge in [-0.3, -0.25) is 4.90 Å². The molecule has 2 N–H and O–H groups in total. The van der Waals surface area contributed by atoms with Crippen LogP contribution in [0.2, 0.25) is 0 Å². The predicted octanol–water partition coefficient (Wildman–Crippen LogP) is 1.72. The van der Waals surface area contributed by atoms with Crippen molar-refractivity contribution in [3.8, 4) is 0 Å². The van der Waals surface area contributed by atoms with Crippen molar-refractivity contribution in [1.82, 2.24) is 9.80 Å². The molecular formula is C15H23N3. The second-order valence-corrected chi connectivity index (χ2v) is 5.60. The first-order chi connectivity index (χ1) is 8.81. The van der Waals surface area contributed by atoms with Crippen molar-refractivity contribution in [3.63, 3.8) is 0 Å². The van der Waals surface area contributed by atoms with E-state index in [-0.39, 0.29) is 0 Å². The van der Waals surface area contributed by atoms with Crippen molar-refractivity contribution >= 4 is 5.69 Å². The van der Waals surface area contributed by atoms with Crippen molar-refractivity contribution in [3.05, 3.63) is 29.3 Å². The van der Waals surface area contributed by atoms with E-state index < -0.39 is 0 Å². The Morgan fingerprint density at radius 3 is 2.56 bits per heavy atom. The molecule has 3 rings (SSSR count). The maximum atomic E-state index is 5.84. The van der Waals surface area contributed by atoms with Gasteiger partial charge in [-0.05, 0) is 55.6 Å². The van der Waals surface area contributed by atoms with Crippen LogP contribution in [0.5, 0.6) is 0 Å². The number of nitrogens with zero attached hydrogens (tertiary/aromatic N) is 2. The molecule has 18 heavy (non-hydrogen) atoms. The molecule has 0 bridgehead atoms. The predicted molar refractivity (Wildman–Crippen MR) is 75.5 cm³/mol. The minimum atomic E-state index is 0.902. The third-order valence-electron chi connectivity index (χ3n) is 4.25. The molecule has 0 spiro atoms. The van der Waals surface area contributed by atoms with E-state index in [0.29, 0.717) is 0 Å². The zero-order valence-electron chi connectivity index (χ0n) is 11.1. The number of nitrogen functional groups attached to an aromatic ring is 1. The largest absolute Gasteiger partial charge is 0.399 e. The summed E-state index contributed by atoms with van der Waals surface area (Å²) in [6, 6.07) is 6.38. The Labute approximate surface area is 110 Å². The van der Waals surface area contributed by atoms with Gasteiger partial charge in [0.2, 0.25) is 0 Å². The lowest BCUT2D eigenvalue weighted by Crippen LogP contribution is -2.37. The molecule has 0 saturated carbocycles. The minimum Gasteiger partial charge on any atom is -0.399 e. The fourth-order valence-electron chi connectivity index (χ4n) is 3.11. The van der Waals surface area contributed by atoms with Crippen LogP contribution in [0, 0.1) is 0 Å². The van der Waals surface area contributed by atoms with Crippen LogP contribution >= 0.6 is 0 Å². The van der Waals surface area contributed by atoms with Gasteiger partial charge in [-0.25, -0.2) is 0 Å². The van der Waals surface area contributed by atoms with E-state index in [2.05, 4.69) is 21.9 Å². The minimum absolute atomic E-state index is 0.902. The molecule has 0 aliphatic carbocycles. The van der Waals surface area contributed by atoms with E-state index in [1.54, 1.807) is 0 Å². The lowest BCUT2D eigenvalue weighted by molar-refractivity contribution is 0.211. The number of hydrogen-bond donors (Lipinski definition) is 1. The molecule has 3 heteroatoms. The summed E-state index contributed by atoms with van der Waals surface area (Å²) in [7, 11) is 0. The monoisotopic (exact) mass is 245 g/mol. The maximum absolute atomic E-state index is 5.84. The number of rotatable bonds is 3. The molecule has 2 aliphatic rings. The Kier molecular flexibility index (Phi) is 3.52. The summed E-state index contributed by atoms with van der Waals surface area (Å²) in [6.45, 7) is 7.35. The highest BCUT2D eigenvalue weighted by molar-refractivity contribution is 5.45. The lowest BCUT2D eigenvalue weighted by Gasteiger charge is -2.30. The Balaban J connectivity index is 1.55. The van der Waals surface area contributed by atoms with Crippen LogP contribution in [-0.4, -0.2) is 42.5 Å². The fraction of sp³-hybridized carbons (Fsp3) is 0.600. The van der Waals surface area contributed by atoms with E-state index in [4.69, 9.17) is 5.73 Å². The maximum Gasteiger partial charge on any atom is 0.0316 e. The number of fused-ring (bicyclic) bond motifs is 1. The highest BCUT2D eigenvalue weighted by Gasteiger charge is 2.18. The summed E-state index contributed by atoms with van der Waals surface area (Å²) in [5, 5.41) is 0. The van der Waals surface area contributed by atoms with Gasteiger partial charge < -0.3 is 10.6 Å². The quantitative estimate of drug-likeness (QED) is 0.823.